The number of aromatic nitrogens is 3. The zero-order valence-electron chi connectivity index (χ0n) is 18.8. The number of nitrogens with one attached hydrogen (secondary N) is 2. The summed E-state index contributed by atoms with van der Waals surface area (Å²) in [5.41, 5.74) is 3.56. The van der Waals surface area contributed by atoms with Crippen molar-refractivity contribution >= 4 is 11.8 Å². The SMILES string of the molecule is CCNC(=NCc1ccc(N(CC)CC)nc1)NCc1ccccc1Cn1cccn1. The number of hydrogen-bond acceptors (Lipinski definition) is 4. The Morgan fingerprint density at radius 2 is 1.81 bits per heavy atom. The highest BCUT2D eigenvalue weighted by Crippen LogP contribution is 2.12. The Morgan fingerprint density at radius 1 is 1.00 bits per heavy atom. The second-order valence-electron chi connectivity index (χ2n) is 7.22. The van der Waals surface area contributed by atoms with Gasteiger partial charge in [-0.25, -0.2) is 9.98 Å². The molecule has 0 atom stereocenters. The molecule has 0 aliphatic carbocycles. The van der Waals surface area contributed by atoms with Crippen LogP contribution in [0, 0.1) is 0 Å². The van der Waals surface area contributed by atoms with E-state index in [-0.39, 0.29) is 0 Å². The molecule has 1 aromatic carbocycles. The van der Waals surface area contributed by atoms with Gasteiger partial charge >= 0.3 is 0 Å². The molecule has 2 heterocycles. The van der Waals surface area contributed by atoms with E-state index in [1.54, 1.807) is 6.20 Å². The van der Waals surface area contributed by atoms with Crippen LogP contribution in [0.4, 0.5) is 5.82 Å². The summed E-state index contributed by atoms with van der Waals surface area (Å²) >= 11 is 0. The molecule has 0 amide bonds. The van der Waals surface area contributed by atoms with Crippen LogP contribution < -0.4 is 15.5 Å². The molecule has 0 aliphatic heterocycles. The lowest BCUT2D eigenvalue weighted by atomic mass is 10.1. The first-order chi connectivity index (χ1) is 15.2. The molecule has 3 aromatic rings. The monoisotopic (exact) mass is 419 g/mol. The topological polar surface area (TPSA) is 70.4 Å². The lowest BCUT2D eigenvalue weighted by Gasteiger charge is -2.19. The fourth-order valence-corrected chi connectivity index (χ4v) is 3.39. The Morgan fingerprint density at radius 3 is 2.45 bits per heavy atom. The van der Waals surface area contributed by atoms with E-state index >= 15 is 0 Å². The molecule has 7 nitrogen and oxygen atoms in total. The number of hydrogen-bond donors (Lipinski definition) is 2. The number of pyridine rings is 1. The van der Waals surface area contributed by atoms with Crippen LogP contribution in [-0.2, 0) is 19.6 Å². The first-order valence-corrected chi connectivity index (χ1v) is 11.0. The molecule has 0 saturated heterocycles. The van der Waals surface area contributed by atoms with E-state index in [4.69, 9.17) is 4.99 Å². The second kappa shape index (κ2) is 11.7. The van der Waals surface area contributed by atoms with Gasteiger partial charge in [-0.2, -0.15) is 5.10 Å². The van der Waals surface area contributed by atoms with Crippen molar-refractivity contribution in [3.8, 4) is 0 Å². The maximum Gasteiger partial charge on any atom is 0.191 e. The lowest BCUT2D eigenvalue weighted by molar-refractivity contribution is 0.677. The predicted molar refractivity (Wildman–Crippen MR) is 127 cm³/mol. The Kier molecular flexibility index (Phi) is 8.46. The highest BCUT2D eigenvalue weighted by molar-refractivity contribution is 5.79. The first kappa shape index (κ1) is 22.3. The highest BCUT2D eigenvalue weighted by Gasteiger charge is 2.06. The van der Waals surface area contributed by atoms with Crippen LogP contribution >= 0.6 is 0 Å². The number of nitrogens with zero attached hydrogens (tertiary/aromatic N) is 5. The van der Waals surface area contributed by atoms with Crippen molar-refractivity contribution in [3.63, 3.8) is 0 Å². The number of anilines is 1. The van der Waals surface area contributed by atoms with Crippen LogP contribution in [0.5, 0.6) is 0 Å². The number of rotatable bonds is 10. The number of aliphatic imine (C=N–C) groups is 1. The summed E-state index contributed by atoms with van der Waals surface area (Å²) in [5.74, 6) is 1.81. The average Bonchev–Trinajstić information content (AvgIpc) is 3.31. The van der Waals surface area contributed by atoms with Crippen molar-refractivity contribution in [2.75, 3.05) is 24.5 Å². The van der Waals surface area contributed by atoms with E-state index in [9.17, 15) is 0 Å². The van der Waals surface area contributed by atoms with Crippen molar-refractivity contribution in [2.24, 2.45) is 4.99 Å². The van der Waals surface area contributed by atoms with Crippen LogP contribution in [0.25, 0.3) is 0 Å². The Balaban J connectivity index is 1.63. The fraction of sp³-hybridized carbons (Fsp3) is 0.375. The highest BCUT2D eigenvalue weighted by atomic mass is 15.3. The van der Waals surface area contributed by atoms with Gasteiger partial charge in [0.1, 0.15) is 5.82 Å². The Hall–Kier alpha value is -3.35. The van der Waals surface area contributed by atoms with Crippen molar-refractivity contribution in [1.29, 1.82) is 0 Å². The standard InChI is InChI=1S/C24H33N7/c1-4-25-24(27-17-20-12-13-23(26-16-20)30(5-2)6-3)28-18-21-10-7-8-11-22(21)19-31-15-9-14-29-31/h7-16H,4-6,17-19H2,1-3H3,(H2,25,27,28). The van der Waals surface area contributed by atoms with E-state index in [2.05, 4.69) is 82.8 Å². The minimum absolute atomic E-state index is 0.579. The van der Waals surface area contributed by atoms with Gasteiger partial charge in [0, 0.05) is 44.8 Å². The maximum absolute atomic E-state index is 4.74. The van der Waals surface area contributed by atoms with E-state index in [0.717, 1.165) is 43.5 Å². The molecule has 0 aliphatic rings. The van der Waals surface area contributed by atoms with Crippen molar-refractivity contribution < 1.29 is 0 Å². The fourth-order valence-electron chi connectivity index (χ4n) is 3.39. The number of benzene rings is 1. The molecule has 0 spiro atoms. The minimum Gasteiger partial charge on any atom is -0.357 e. The summed E-state index contributed by atoms with van der Waals surface area (Å²) in [6, 6.07) is 14.5. The summed E-state index contributed by atoms with van der Waals surface area (Å²) in [6.07, 6.45) is 5.70. The van der Waals surface area contributed by atoms with Gasteiger partial charge in [0.2, 0.25) is 0 Å². The zero-order chi connectivity index (χ0) is 21.9. The molecule has 0 radical (unpaired) electrons. The summed E-state index contributed by atoms with van der Waals surface area (Å²) in [6.45, 7) is 11.1. The number of guanidine groups is 1. The smallest absolute Gasteiger partial charge is 0.191 e. The molecule has 164 valence electrons. The molecular formula is C24H33N7. The van der Waals surface area contributed by atoms with Gasteiger partial charge in [-0.1, -0.05) is 30.3 Å². The maximum atomic E-state index is 4.74. The molecule has 0 bridgehead atoms. The average molecular weight is 420 g/mol. The van der Waals surface area contributed by atoms with Crippen LogP contribution in [0.2, 0.25) is 0 Å². The van der Waals surface area contributed by atoms with Crippen LogP contribution in [0.3, 0.4) is 0 Å². The third-order valence-electron chi connectivity index (χ3n) is 5.12. The quantitative estimate of drug-likeness (QED) is 0.389. The van der Waals surface area contributed by atoms with Gasteiger partial charge in [0.15, 0.2) is 5.96 Å². The van der Waals surface area contributed by atoms with Crippen molar-refractivity contribution in [2.45, 2.75) is 40.4 Å². The van der Waals surface area contributed by atoms with Crippen molar-refractivity contribution in [1.82, 2.24) is 25.4 Å². The third kappa shape index (κ3) is 6.57. The second-order valence-corrected chi connectivity index (χ2v) is 7.22. The minimum atomic E-state index is 0.579. The summed E-state index contributed by atoms with van der Waals surface area (Å²) < 4.78 is 1.94. The van der Waals surface area contributed by atoms with Gasteiger partial charge in [-0.05, 0) is 49.6 Å². The van der Waals surface area contributed by atoms with Crippen LogP contribution in [0.1, 0.15) is 37.5 Å². The van der Waals surface area contributed by atoms with Crippen molar-refractivity contribution in [3.05, 3.63) is 77.7 Å². The van der Waals surface area contributed by atoms with E-state index in [0.29, 0.717) is 13.1 Å². The van der Waals surface area contributed by atoms with E-state index in [1.165, 1.54) is 11.1 Å². The van der Waals surface area contributed by atoms with Crippen LogP contribution in [0.15, 0.2) is 66.0 Å². The van der Waals surface area contributed by atoms with Gasteiger partial charge in [-0.3, -0.25) is 4.68 Å². The largest absolute Gasteiger partial charge is 0.357 e. The van der Waals surface area contributed by atoms with Gasteiger partial charge in [-0.15, -0.1) is 0 Å². The molecule has 3 rings (SSSR count). The van der Waals surface area contributed by atoms with Crippen LogP contribution in [-0.4, -0.2) is 40.4 Å². The molecule has 0 fully saturated rings. The molecule has 0 saturated carbocycles. The normalized spacial score (nSPS) is 11.4. The molecule has 2 aromatic heterocycles. The molecule has 2 N–H and O–H groups in total. The predicted octanol–water partition coefficient (Wildman–Crippen LogP) is 3.43. The summed E-state index contributed by atoms with van der Waals surface area (Å²) in [4.78, 5) is 11.6. The lowest BCUT2D eigenvalue weighted by Crippen LogP contribution is -2.37. The molecule has 7 heteroatoms. The van der Waals surface area contributed by atoms with Gasteiger partial charge < -0.3 is 15.5 Å². The summed E-state index contributed by atoms with van der Waals surface area (Å²) in [5, 5.41) is 11.1. The molecule has 31 heavy (non-hydrogen) atoms. The third-order valence-corrected chi connectivity index (χ3v) is 5.12. The Bertz CT molecular complexity index is 929. The zero-order valence-corrected chi connectivity index (χ0v) is 18.8. The first-order valence-electron chi connectivity index (χ1n) is 11.0. The molecule has 0 unspecified atom stereocenters. The van der Waals surface area contributed by atoms with Gasteiger partial charge in [0.05, 0.1) is 13.1 Å². The Labute approximate surface area is 185 Å². The van der Waals surface area contributed by atoms with Gasteiger partial charge in [0.25, 0.3) is 0 Å². The summed E-state index contributed by atoms with van der Waals surface area (Å²) in [7, 11) is 0. The molecular weight excluding hydrogens is 386 g/mol. The van der Waals surface area contributed by atoms with E-state index < -0.39 is 0 Å². The van der Waals surface area contributed by atoms with E-state index in [1.807, 2.05) is 23.1 Å².